The second-order valence-electron chi connectivity index (χ2n) is 7.39. The summed E-state index contributed by atoms with van der Waals surface area (Å²) in [5, 5.41) is 0. The molecule has 2 unspecified atom stereocenters. The van der Waals surface area contributed by atoms with Crippen molar-refractivity contribution in [1.82, 2.24) is 4.90 Å². The van der Waals surface area contributed by atoms with Crippen LogP contribution in [0.5, 0.6) is 0 Å². The number of thioether (sulfide) groups is 1. The Kier molecular flexibility index (Phi) is 5.26. The van der Waals surface area contributed by atoms with Crippen LogP contribution in [0, 0.1) is 0 Å². The Balaban J connectivity index is 1.69. The van der Waals surface area contributed by atoms with Gasteiger partial charge in [0.05, 0.1) is 29.2 Å². The number of nitrogens with zero attached hydrogens (tertiary/aromatic N) is 2. The summed E-state index contributed by atoms with van der Waals surface area (Å²) in [6.07, 6.45) is -2.59. The van der Waals surface area contributed by atoms with Crippen molar-refractivity contribution in [3.63, 3.8) is 0 Å². The first-order valence-electron chi connectivity index (χ1n) is 9.19. The van der Waals surface area contributed by atoms with Gasteiger partial charge in [0.25, 0.3) is 0 Å². The topological polar surface area (TPSA) is 57.7 Å². The van der Waals surface area contributed by atoms with Gasteiger partial charge in [-0.2, -0.15) is 13.2 Å². The first-order chi connectivity index (χ1) is 14.1. The second kappa shape index (κ2) is 7.49. The van der Waals surface area contributed by atoms with E-state index in [0.717, 1.165) is 17.0 Å². The summed E-state index contributed by atoms with van der Waals surface area (Å²) in [7, 11) is -3.36. The van der Waals surface area contributed by atoms with E-state index in [9.17, 15) is 26.4 Å². The van der Waals surface area contributed by atoms with Crippen LogP contribution in [0.25, 0.3) is 0 Å². The predicted octanol–water partition coefficient (Wildman–Crippen LogP) is 4.04. The SMILES string of the molecule is CSc1cccc(N2C(=O)N(Cc3cccc(C(F)(F)F)c3)C3CS(=O)(=O)CC32)c1. The van der Waals surface area contributed by atoms with Gasteiger partial charge in [-0.3, -0.25) is 4.90 Å². The van der Waals surface area contributed by atoms with E-state index in [2.05, 4.69) is 0 Å². The molecule has 0 aliphatic carbocycles. The Labute approximate surface area is 176 Å². The van der Waals surface area contributed by atoms with Gasteiger partial charge in [-0.25, -0.2) is 13.2 Å². The van der Waals surface area contributed by atoms with Gasteiger partial charge in [-0.15, -0.1) is 11.8 Å². The van der Waals surface area contributed by atoms with E-state index in [-0.39, 0.29) is 18.1 Å². The molecule has 2 aliphatic rings. The number of rotatable bonds is 4. The Morgan fingerprint density at radius 2 is 1.77 bits per heavy atom. The van der Waals surface area contributed by atoms with Crippen LogP contribution >= 0.6 is 11.8 Å². The van der Waals surface area contributed by atoms with Crippen LogP contribution in [-0.2, 0) is 22.6 Å². The fraction of sp³-hybridized carbons (Fsp3) is 0.350. The number of alkyl halides is 3. The molecule has 2 atom stereocenters. The number of urea groups is 1. The van der Waals surface area contributed by atoms with E-state index in [1.54, 1.807) is 12.1 Å². The van der Waals surface area contributed by atoms with E-state index in [1.165, 1.54) is 33.7 Å². The zero-order valence-corrected chi connectivity index (χ0v) is 17.6. The molecular weight excluding hydrogens is 437 g/mol. The molecule has 0 radical (unpaired) electrons. The molecule has 160 valence electrons. The molecule has 4 rings (SSSR count). The summed E-state index contributed by atoms with van der Waals surface area (Å²) < 4.78 is 63.8. The van der Waals surface area contributed by atoms with Crippen LogP contribution < -0.4 is 4.90 Å². The van der Waals surface area contributed by atoms with Crippen LogP contribution in [0.2, 0.25) is 0 Å². The molecule has 0 aromatic heterocycles. The first-order valence-corrected chi connectivity index (χ1v) is 12.2. The highest BCUT2D eigenvalue weighted by Gasteiger charge is 2.53. The Morgan fingerprint density at radius 1 is 1.07 bits per heavy atom. The monoisotopic (exact) mass is 456 g/mol. The minimum atomic E-state index is -4.49. The Hall–Kier alpha value is -2.20. The number of fused-ring (bicyclic) bond motifs is 1. The van der Waals surface area contributed by atoms with Crippen LogP contribution in [0.1, 0.15) is 11.1 Å². The molecular formula is C20H19F3N2O3S2. The quantitative estimate of drug-likeness (QED) is 0.515. The number of benzene rings is 2. The molecule has 2 aliphatic heterocycles. The summed E-state index contributed by atoms with van der Waals surface area (Å²) >= 11 is 1.50. The number of carbonyl (C=O) groups excluding carboxylic acids is 1. The van der Waals surface area contributed by atoms with Crippen molar-refractivity contribution in [3.8, 4) is 0 Å². The molecule has 5 nitrogen and oxygen atoms in total. The number of carbonyl (C=O) groups is 1. The fourth-order valence-electron chi connectivity index (χ4n) is 4.07. The number of hydrogen-bond donors (Lipinski definition) is 0. The zero-order valence-electron chi connectivity index (χ0n) is 16.0. The van der Waals surface area contributed by atoms with Gasteiger partial charge < -0.3 is 4.90 Å². The number of sulfone groups is 1. The molecule has 2 fully saturated rings. The second-order valence-corrected chi connectivity index (χ2v) is 10.4. The third kappa shape index (κ3) is 3.90. The number of hydrogen-bond acceptors (Lipinski definition) is 4. The number of anilines is 1. The van der Waals surface area contributed by atoms with Gasteiger partial charge >= 0.3 is 12.2 Å². The van der Waals surface area contributed by atoms with Crippen molar-refractivity contribution in [2.45, 2.75) is 29.7 Å². The van der Waals surface area contributed by atoms with Crippen molar-refractivity contribution in [1.29, 1.82) is 0 Å². The highest BCUT2D eigenvalue weighted by molar-refractivity contribution is 7.98. The zero-order chi connectivity index (χ0) is 21.7. The average Bonchev–Trinajstić information content (AvgIpc) is 3.11. The van der Waals surface area contributed by atoms with Crippen LogP contribution in [0.15, 0.2) is 53.4 Å². The van der Waals surface area contributed by atoms with Crippen LogP contribution in [-0.4, -0.2) is 49.2 Å². The molecule has 2 heterocycles. The lowest BCUT2D eigenvalue weighted by Crippen LogP contribution is -2.37. The van der Waals surface area contributed by atoms with E-state index in [4.69, 9.17) is 0 Å². The van der Waals surface area contributed by atoms with E-state index >= 15 is 0 Å². The maximum Gasteiger partial charge on any atom is 0.416 e. The van der Waals surface area contributed by atoms with Crippen molar-refractivity contribution in [3.05, 3.63) is 59.7 Å². The molecule has 2 aromatic carbocycles. The van der Waals surface area contributed by atoms with E-state index in [1.807, 2.05) is 18.4 Å². The normalized spacial score (nSPS) is 23.1. The third-order valence-electron chi connectivity index (χ3n) is 5.42. The predicted molar refractivity (Wildman–Crippen MR) is 109 cm³/mol. The summed E-state index contributed by atoms with van der Waals surface area (Å²) in [5.74, 6) is -0.354. The van der Waals surface area contributed by atoms with Gasteiger partial charge in [0.1, 0.15) is 0 Å². The van der Waals surface area contributed by atoms with Crippen LogP contribution in [0.4, 0.5) is 23.7 Å². The molecule has 0 bridgehead atoms. The fourth-order valence-corrected chi connectivity index (χ4v) is 6.47. The lowest BCUT2D eigenvalue weighted by atomic mass is 10.1. The number of amides is 2. The standard InChI is InChI=1S/C20H19F3N2O3S2/c1-29-16-7-3-6-15(9-16)25-18-12-30(27,28)11-17(18)24(19(25)26)10-13-4-2-5-14(8-13)20(21,22)23/h2-9,17-18H,10-12H2,1H3. The Morgan fingerprint density at radius 3 is 2.47 bits per heavy atom. The van der Waals surface area contributed by atoms with Crippen molar-refractivity contribution in [2.75, 3.05) is 22.7 Å². The first kappa shape index (κ1) is 21.0. The minimum Gasteiger partial charge on any atom is -0.314 e. The summed E-state index contributed by atoms with van der Waals surface area (Å²) in [5.41, 5.74) is 0.0956. The highest BCUT2D eigenvalue weighted by atomic mass is 32.2. The van der Waals surface area contributed by atoms with Crippen molar-refractivity contribution >= 4 is 33.3 Å². The largest absolute Gasteiger partial charge is 0.416 e. The maximum atomic E-state index is 13.2. The lowest BCUT2D eigenvalue weighted by molar-refractivity contribution is -0.137. The molecule has 30 heavy (non-hydrogen) atoms. The number of halogens is 3. The van der Waals surface area contributed by atoms with Gasteiger partial charge in [0.2, 0.25) is 0 Å². The molecule has 0 spiro atoms. The average molecular weight is 457 g/mol. The molecule has 0 N–H and O–H groups in total. The molecule has 2 saturated heterocycles. The lowest BCUT2D eigenvalue weighted by Gasteiger charge is -2.23. The molecule has 10 heteroatoms. The van der Waals surface area contributed by atoms with Gasteiger partial charge in [0, 0.05) is 17.1 Å². The highest BCUT2D eigenvalue weighted by Crippen LogP contribution is 2.37. The van der Waals surface area contributed by atoms with Gasteiger partial charge in [-0.05, 0) is 42.2 Å². The summed E-state index contributed by atoms with van der Waals surface area (Å²) in [6.45, 7) is -0.0852. The van der Waals surface area contributed by atoms with Crippen molar-refractivity contribution < 1.29 is 26.4 Å². The van der Waals surface area contributed by atoms with Crippen LogP contribution in [0.3, 0.4) is 0 Å². The Bertz CT molecular complexity index is 1090. The smallest absolute Gasteiger partial charge is 0.314 e. The molecule has 0 saturated carbocycles. The van der Waals surface area contributed by atoms with E-state index in [0.29, 0.717) is 11.3 Å². The van der Waals surface area contributed by atoms with Crippen molar-refractivity contribution in [2.24, 2.45) is 0 Å². The van der Waals surface area contributed by atoms with Gasteiger partial charge in [-0.1, -0.05) is 18.2 Å². The minimum absolute atomic E-state index is 0.0852. The van der Waals surface area contributed by atoms with E-state index < -0.39 is 39.7 Å². The summed E-state index contributed by atoms with van der Waals surface area (Å²) in [4.78, 5) is 17.0. The summed E-state index contributed by atoms with van der Waals surface area (Å²) in [6, 6.07) is 10.5. The third-order valence-corrected chi connectivity index (χ3v) is 7.84. The van der Waals surface area contributed by atoms with Gasteiger partial charge in [0.15, 0.2) is 9.84 Å². The molecule has 2 amide bonds. The molecule has 2 aromatic rings. The maximum absolute atomic E-state index is 13.2.